The second-order valence-corrected chi connectivity index (χ2v) is 7.20. The Morgan fingerprint density at radius 2 is 1.71 bits per heavy atom. The van der Waals surface area contributed by atoms with Gasteiger partial charge in [-0.15, -0.1) is 0 Å². The number of aliphatic hydroxyl groups is 3. The van der Waals surface area contributed by atoms with Crippen molar-refractivity contribution in [3.63, 3.8) is 0 Å². The maximum absolute atomic E-state index is 13.9. The van der Waals surface area contributed by atoms with Gasteiger partial charge in [0.05, 0.1) is 6.61 Å². The number of hydrogen-bond donors (Lipinski definition) is 6. The molecule has 1 heterocycles. The molecule has 0 bridgehead atoms. The van der Waals surface area contributed by atoms with Crippen LogP contribution in [0.3, 0.4) is 0 Å². The van der Waals surface area contributed by atoms with E-state index in [1.165, 1.54) is 12.1 Å². The van der Waals surface area contributed by atoms with E-state index in [1.54, 1.807) is 12.1 Å². The lowest BCUT2D eigenvalue weighted by molar-refractivity contribution is -0.265. The Morgan fingerprint density at radius 3 is 2.35 bits per heavy atom. The van der Waals surface area contributed by atoms with Gasteiger partial charge in [-0.05, 0) is 24.1 Å². The normalized spacial score (nSPS) is 25.9. The largest absolute Gasteiger partial charge is 0.508 e. The third-order valence-corrected chi connectivity index (χ3v) is 4.96. The average molecular weight is 437 g/mol. The maximum atomic E-state index is 13.9. The molecule has 9 nitrogen and oxygen atoms in total. The van der Waals surface area contributed by atoms with Gasteiger partial charge in [-0.3, -0.25) is 4.79 Å². The summed E-state index contributed by atoms with van der Waals surface area (Å²) in [7, 11) is 0. The summed E-state index contributed by atoms with van der Waals surface area (Å²) in [5.41, 5.74) is 0.450. The van der Waals surface area contributed by atoms with E-state index in [0.29, 0.717) is 0 Å². The van der Waals surface area contributed by atoms with Crippen LogP contribution < -0.4 is 4.74 Å². The molecule has 0 spiro atoms. The Morgan fingerprint density at radius 1 is 1.03 bits per heavy atom. The Kier molecular flexibility index (Phi) is 6.96. The van der Waals surface area contributed by atoms with Crippen molar-refractivity contribution in [3.05, 3.63) is 47.5 Å². The topological polar surface area (TPSA) is 157 Å². The molecular formula is C21H23FO9. The third-order valence-electron chi connectivity index (χ3n) is 4.96. The highest BCUT2D eigenvalue weighted by Crippen LogP contribution is 2.36. The summed E-state index contributed by atoms with van der Waals surface area (Å²) in [6, 6.07) is 8.14. The number of ketones is 1. The van der Waals surface area contributed by atoms with Crippen LogP contribution in [-0.4, -0.2) is 73.8 Å². The van der Waals surface area contributed by atoms with Gasteiger partial charge >= 0.3 is 0 Å². The molecule has 1 aliphatic rings. The van der Waals surface area contributed by atoms with Crippen LogP contribution >= 0.6 is 0 Å². The fourth-order valence-electron chi connectivity index (χ4n) is 3.27. The van der Waals surface area contributed by atoms with Crippen LogP contribution in [0.15, 0.2) is 36.4 Å². The maximum Gasteiger partial charge on any atom is 0.229 e. The number of alkyl halides is 1. The lowest BCUT2D eigenvalue weighted by Crippen LogP contribution is -2.58. The highest BCUT2D eigenvalue weighted by Gasteiger charge is 2.46. The summed E-state index contributed by atoms with van der Waals surface area (Å²) in [5, 5.41) is 58.5. The van der Waals surface area contributed by atoms with Crippen molar-refractivity contribution in [2.45, 2.75) is 43.6 Å². The molecule has 3 rings (SSSR count). The fourth-order valence-corrected chi connectivity index (χ4v) is 3.27. The van der Waals surface area contributed by atoms with Crippen LogP contribution in [-0.2, 0) is 11.2 Å². The van der Waals surface area contributed by atoms with E-state index in [9.17, 15) is 39.8 Å². The Hall–Kier alpha value is -2.92. The van der Waals surface area contributed by atoms with Crippen molar-refractivity contribution in [1.82, 2.24) is 0 Å². The number of aliphatic hydroxyl groups excluding tert-OH is 3. The number of halogens is 1. The number of carbonyl (C=O) groups excluding carboxylic acids is 1. The first kappa shape index (κ1) is 22.8. The Balaban J connectivity index is 1.82. The van der Waals surface area contributed by atoms with Crippen molar-refractivity contribution in [2.75, 3.05) is 6.61 Å². The number of ether oxygens (including phenoxy) is 2. The molecule has 1 aliphatic heterocycles. The SMILES string of the molecule is O=C(CCc1ccc(O)cc1)c1c(O)cc(O)cc1O[C@@H]1O[C@H](CO)[C@@H]([18F])[C@H](O)[C@H]1O. The van der Waals surface area contributed by atoms with Crippen molar-refractivity contribution in [3.8, 4) is 23.0 Å². The Bertz CT molecular complexity index is 916. The first-order valence-electron chi connectivity index (χ1n) is 9.51. The van der Waals surface area contributed by atoms with Gasteiger partial charge in [-0.2, -0.15) is 0 Å². The quantitative estimate of drug-likeness (QED) is 0.344. The smallest absolute Gasteiger partial charge is 0.229 e. The average Bonchev–Trinajstić information content (AvgIpc) is 2.73. The van der Waals surface area contributed by atoms with Gasteiger partial charge in [-0.25, -0.2) is 4.39 Å². The van der Waals surface area contributed by atoms with Crippen molar-refractivity contribution in [1.29, 1.82) is 0 Å². The molecule has 0 amide bonds. The fraction of sp³-hybridized carbons (Fsp3) is 0.381. The second kappa shape index (κ2) is 9.48. The number of carbonyl (C=O) groups is 1. The lowest BCUT2D eigenvalue weighted by atomic mass is 9.99. The summed E-state index contributed by atoms with van der Waals surface area (Å²) in [6.07, 6.45) is -8.80. The van der Waals surface area contributed by atoms with Crippen LogP contribution in [0.1, 0.15) is 22.3 Å². The van der Waals surface area contributed by atoms with Crippen LogP contribution in [0.5, 0.6) is 23.0 Å². The number of aromatic hydroxyl groups is 3. The predicted octanol–water partition coefficient (Wildman–Crippen LogP) is 0.775. The highest BCUT2D eigenvalue weighted by atomic mass is 18.2. The molecule has 31 heavy (non-hydrogen) atoms. The van der Waals surface area contributed by atoms with Crippen molar-refractivity contribution in [2.24, 2.45) is 0 Å². The molecule has 1 fully saturated rings. The molecule has 0 aromatic heterocycles. The summed E-state index contributed by atoms with van der Waals surface area (Å²) >= 11 is 0. The molecule has 1 saturated heterocycles. The Labute approximate surface area is 176 Å². The van der Waals surface area contributed by atoms with E-state index in [0.717, 1.165) is 17.7 Å². The number of benzene rings is 2. The molecule has 0 unspecified atom stereocenters. The number of rotatable bonds is 7. The lowest BCUT2D eigenvalue weighted by Gasteiger charge is -2.38. The minimum atomic E-state index is -2.07. The summed E-state index contributed by atoms with van der Waals surface area (Å²) < 4.78 is 24.5. The van der Waals surface area contributed by atoms with Crippen molar-refractivity contribution >= 4 is 5.78 Å². The van der Waals surface area contributed by atoms with E-state index in [4.69, 9.17) is 9.47 Å². The number of hydrogen-bond acceptors (Lipinski definition) is 9. The van der Waals surface area contributed by atoms with Gasteiger partial charge in [0, 0.05) is 18.6 Å². The number of Topliss-reactive ketones (excluding diaryl/α,β-unsaturated/α-hetero) is 1. The minimum absolute atomic E-state index is 0.0675. The molecule has 10 heteroatoms. The number of aryl methyl sites for hydroxylation is 1. The molecule has 0 radical (unpaired) electrons. The van der Waals surface area contributed by atoms with Crippen LogP contribution in [0, 0.1) is 0 Å². The highest BCUT2D eigenvalue weighted by molar-refractivity contribution is 6.01. The van der Waals surface area contributed by atoms with Crippen LogP contribution in [0.4, 0.5) is 4.39 Å². The van der Waals surface area contributed by atoms with Crippen LogP contribution in [0.2, 0.25) is 0 Å². The molecule has 2 aromatic rings. The molecule has 2 aromatic carbocycles. The van der Waals surface area contributed by atoms with Crippen molar-refractivity contribution < 1.29 is 49.3 Å². The van der Waals surface area contributed by atoms with E-state index >= 15 is 0 Å². The van der Waals surface area contributed by atoms with E-state index in [2.05, 4.69) is 0 Å². The predicted molar refractivity (Wildman–Crippen MR) is 104 cm³/mol. The van der Waals surface area contributed by atoms with E-state index < -0.39 is 54.7 Å². The van der Waals surface area contributed by atoms with Gasteiger partial charge in [0.25, 0.3) is 0 Å². The molecule has 0 aliphatic carbocycles. The standard InChI is InChI=1S/C21H23FO9/c22-18-16(9-23)31-21(20(29)19(18)28)30-15-8-12(25)7-14(27)17(15)13(26)6-3-10-1-4-11(24)5-2-10/h1-2,4-5,7-8,16,18-21,23-25,27-29H,3,6,9H2/t16-,18-,19+,20-,21-/m1/s1/i22-1. The zero-order valence-electron chi connectivity index (χ0n) is 16.3. The van der Waals surface area contributed by atoms with Gasteiger partial charge in [0.2, 0.25) is 6.29 Å². The number of phenolic OH excluding ortho intramolecular Hbond substituents is 3. The van der Waals surface area contributed by atoms with Crippen LogP contribution in [0.25, 0.3) is 0 Å². The van der Waals surface area contributed by atoms with Gasteiger partial charge < -0.3 is 40.1 Å². The summed E-state index contributed by atoms with van der Waals surface area (Å²) in [5.74, 6) is -1.87. The second-order valence-electron chi connectivity index (χ2n) is 7.20. The minimum Gasteiger partial charge on any atom is -0.508 e. The molecule has 0 saturated carbocycles. The number of phenols is 3. The summed E-state index contributed by atoms with van der Waals surface area (Å²) in [6.45, 7) is -0.797. The summed E-state index contributed by atoms with van der Waals surface area (Å²) in [4.78, 5) is 12.8. The van der Waals surface area contributed by atoms with E-state index in [-0.39, 0.29) is 29.9 Å². The first-order chi connectivity index (χ1) is 14.7. The first-order valence-corrected chi connectivity index (χ1v) is 9.51. The zero-order valence-corrected chi connectivity index (χ0v) is 16.3. The third kappa shape index (κ3) is 5.05. The zero-order chi connectivity index (χ0) is 22.7. The van der Waals surface area contributed by atoms with Gasteiger partial charge in [0.15, 0.2) is 12.0 Å². The van der Waals surface area contributed by atoms with Gasteiger partial charge in [0.1, 0.15) is 46.9 Å². The van der Waals surface area contributed by atoms with E-state index in [1.807, 2.05) is 0 Å². The van der Waals surface area contributed by atoms with Gasteiger partial charge in [-0.1, -0.05) is 12.1 Å². The molecular weight excluding hydrogens is 414 g/mol. The molecule has 5 atom stereocenters. The monoisotopic (exact) mass is 437 g/mol. The molecule has 168 valence electrons. The molecule has 6 N–H and O–H groups in total.